The van der Waals surface area contributed by atoms with Crippen LogP contribution in [0.5, 0.6) is 0 Å². The van der Waals surface area contributed by atoms with Gasteiger partial charge in [-0.2, -0.15) is 0 Å². The fraction of sp³-hybridized carbons (Fsp3) is 0.0500. The number of hydroxylamine groups is 1. The molecule has 3 aromatic rings. The summed E-state index contributed by atoms with van der Waals surface area (Å²) in [7, 11) is 0. The van der Waals surface area contributed by atoms with Crippen LogP contribution in [0.25, 0.3) is 17.3 Å². The number of amides is 2. The zero-order chi connectivity index (χ0) is 20.1. The normalized spacial score (nSPS) is 10.8. The largest absolute Gasteiger partial charge is 0.360 e. The molecule has 142 valence electrons. The quantitative estimate of drug-likeness (QED) is 0.356. The van der Waals surface area contributed by atoms with Crippen molar-refractivity contribution in [3.8, 4) is 11.3 Å². The molecule has 0 saturated heterocycles. The number of carbonyl (C=O) groups is 2. The molecule has 0 unspecified atom stereocenters. The first kappa shape index (κ1) is 19.0. The second-order valence-corrected chi connectivity index (χ2v) is 5.82. The van der Waals surface area contributed by atoms with Gasteiger partial charge in [0.05, 0.1) is 0 Å². The molecule has 8 heteroatoms. The van der Waals surface area contributed by atoms with Gasteiger partial charge in [-0.1, -0.05) is 23.4 Å². The molecule has 0 radical (unpaired) electrons. The van der Waals surface area contributed by atoms with E-state index in [1.54, 1.807) is 31.2 Å². The minimum absolute atomic E-state index is 0.221. The summed E-state index contributed by atoms with van der Waals surface area (Å²) in [5.41, 5.74) is 3.54. The first-order chi connectivity index (χ1) is 13.5. The molecule has 7 nitrogen and oxygen atoms in total. The number of halogens is 1. The minimum atomic E-state index is -0.699. The highest BCUT2D eigenvalue weighted by molar-refractivity contribution is 6.09. The van der Waals surface area contributed by atoms with Crippen LogP contribution in [0.4, 0.5) is 10.1 Å². The van der Waals surface area contributed by atoms with Crippen molar-refractivity contribution in [1.29, 1.82) is 0 Å². The van der Waals surface area contributed by atoms with Gasteiger partial charge in [0.15, 0.2) is 0 Å². The highest BCUT2D eigenvalue weighted by Gasteiger charge is 2.22. The van der Waals surface area contributed by atoms with Crippen molar-refractivity contribution in [2.45, 2.75) is 6.92 Å². The summed E-state index contributed by atoms with van der Waals surface area (Å²) in [6.07, 6.45) is 2.57. The van der Waals surface area contributed by atoms with Gasteiger partial charge >= 0.3 is 0 Å². The monoisotopic (exact) mass is 381 g/mol. The Morgan fingerprint density at radius 2 is 1.86 bits per heavy atom. The zero-order valence-corrected chi connectivity index (χ0v) is 14.8. The van der Waals surface area contributed by atoms with E-state index in [1.807, 2.05) is 0 Å². The van der Waals surface area contributed by atoms with E-state index in [-0.39, 0.29) is 5.56 Å². The topological polar surface area (TPSA) is 104 Å². The first-order valence-corrected chi connectivity index (χ1v) is 8.24. The van der Waals surface area contributed by atoms with E-state index in [0.717, 1.165) is 6.08 Å². The lowest BCUT2D eigenvalue weighted by molar-refractivity contribution is -0.124. The van der Waals surface area contributed by atoms with E-state index in [4.69, 9.17) is 9.73 Å². The standard InChI is InChI=1S/C20H16FN3O4/c1-12-18(19(24-28-12)14-6-9-15(21)10-7-14)20(26)22-16-5-3-2-4-13(16)8-11-17(25)23-27/h2-11,27H,1H3,(H,22,26)(H,23,25)/b11-8+. The smallest absolute Gasteiger partial charge is 0.267 e. The fourth-order valence-corrected chi connectivity index (χ4v) is 2.59. The molecule has 3 rings (SSSR count). The van der Waals surface area contributed by atoms with Gasteiger partial charge in [-0.05, 0) is 48.9 Å². The summed E-state index contributed by atoms with van der Waals surface area (Å²) in [6.45, 7) is 1.60. The molecule has 0 spiro atoms. The molecular formula is C20H16FN3O4. The number of nitrogens with one attached hydrogen (secondary N) is 2. The summed E-state index contributed by atoms with van der Waals surface area (Å²) in [5, 5.41) is 15.3. The van der Waals surface area contributed by atoms with Gasteiger partial charge in [0, 0.05) is 17.3 Å². The van der Waals surface area contributed by atoms with Crippen LogP contribution in [-0.2, 0) is 4.79 Å². The highest BCUT2D eigenvalue weighted by atomic mass is 19.1. The van der Waals surface area contributed by atoms with E-state index in [2.05, 4.69) is 10.5 Å². The lowest BCUT2D eigenvalue weighted by Gasteiger charge is -2.09. The van der Waals surface area contributed by atoms with E-state index in [0.29, 0.717) is 28.3 Å². The molecule has 3 N–H and O–H groups in total. The minimum Gasteiger partial charge on any atom is -0.360 e. The lowest BCUT2D eigenvalue weighted by atomic mass is 10.0. The van der Waals surface area contributed by atoms with E-state index in [9.17, 15) is 14.0 Å². The molecule has 0 aliphatic carbocycles. The predicted molar refractivity (Wildman–Crippen MR) is 100.0 cm³/mol. The van der Waals surface area contributed by atoms with Crippen molar-refractivity contribution in [3.05, 3.63) is 77.3 Å². The number of anilines is 1. The van der Waals surface area contributed by atoms with Crippen LogP contribution >= 0.6 is 0 Å². The molecule has 2 aromatic carbocycles. The second-order valence-electron chi connectivity index (χ2n) is 5.82. The molecule has 28 heavy (non-hydrogen) atoms. The number of hydrogen-bond donors (Lipinski definition) is 3. The van der Waals surface area contributed by atoms with Crippen molar-refractivity contribution in [3.63, 3.8) is 0 Å². The average Bonchev–Trinajstić information content (AvgIpc) is 3.09. The number of aromatic nitrogens is 1. The van der Waals surface area contributed by atoms with Crippen LogP contribution in [0.2, 0.25) is 0 Å². The number of benzene rings is 2. The predicted octanol–water partition coefficient (Wildman–Crippen LogP) is 3.56. The first-order valence-electron chi connectivity index (χ1n) is 8.24. The van der Waals surface area contributed by atoms with Crippen LogP contribution < -0.4 is 10.8 Å². The molecule has 1 heterocycles. The maximum absolute atomic E-state index is 13.2. The molecular weight excluding hydrogens is 365 g/mol. The maximum atomic E-state index is 13.2. The molecule has 0 aliphatic rings. The van der Waals surface area contributed by atoms with Crippen LogP contribution in [0.3, 0.4) is 0 Å². The van der Waals surface area contributed by atoms with E-state index >= 15 is 0 Å². The molecule has 1 aromatic heterocycles. The third-order valence-electron chi connectivity index (χ3n) is 3.94. The lowest BCUT2D eigenvalue weighted by Crippen LogP contribution is -2.15. The molecule has 2 amide bonds. The van der Waals surface area contributed by atoms with Gasteiger partial charge in [-0.15, -0.1) is 0 Å². The molecule has 0 fully saturated rings. The Balaban J connectivity index is 1.91. The van der Waals surface area contributed by atoms with Gasteiger partial charge in [0.2, 0.25) is 0 Å². The Kier molecular flexibility index (Phi) is 5.61. The van der Waals surface area contributed by atoms with Crippen LogP contribution in [-0.4, -0.2) is 22.2 Å². The van der Waals surface area contributed by atoms with Gasteiger partial charge in [-0.25, -0.2) is 9.87 Å². The summed E-state index contributed by atoms with van der Waals surface area (Å²) < 4.78 is 18.3. The van der Waals surface area contributed by atoms with Gasteiger partial charge < -0.3 is 9.84 Å². The molecule has 0 aliphatic heterocycles. The molecule has 0 atom stereocenters. The van der Waals surface area contributed by atoms with Gasteiger partial charge in [-0.3, -0.25) is 14.8 Å². The number of nitrogens with zero attached hydrogens (tertiary/aromatic N) is 1. The number of hydrogen-bond acceptors (Lipinski definition) is 5. The van der Waals surface area contributed by atoms with Crippen LogP contribution in [0.15, 0.2) is 59.1 Å². The zero-order valence-electron chi connectivity index (χ0n) is 14.8. The summed E-state index contributed by atoms with van der Waals surface area (Å²) in [5.74, 6) is -1.26. The molecule has 0 saturated carbocycles. The van der Waals surface area contributed by atoms with Crippen molar-refractivity contribution < 1.29 is 23.7 Å². The fourth-order valence-electron chi connectivity index (χ4n) is 2.59. The van der Waals surface area contributed by atoms with E-state index in [1.165, 1.54) is 35.8 Å². The highest BCUT2D eigenvalue weighted by Crippen LogP contribution is 2.27. The second kappa shape index (κ2) is 8.28. The Bertz CT molecular complexity index is 1040. The Labute approximate surface area is 159 Å². The number of para-hydroxylation sites is 1. The SMILES string of the molecule is Cc1onc(-c2ccc(F)cc2)c1C(=O)Nc1ccccc1/C=C/C(=O)NO. The number of rotatable bonds is 5. The van der Waals surface area contributed by atoms with Gasteiger partial charge in [0.25, 0.3) is 11.8 Å². The third kappa shape index (κ3) is 4.13. The summed E-state index contributed by atoms with van der Waals surface area (Å²) in [4.78, 5) is 24.1. The van der Waals surface area contributed by atoms with Crippen molar-refractivity contribution in [2.24, 2.45) is 0 Å². The Morgan fingerprint density at radius 3 is 2.57 bits per heavy atom. The van der Waals surface area contributed by atoms with Crippen molar-refractivity contribution in [2.75, 3.05) is 5.32 Å². The Morgan fingerprint density at radius 1 is 1.14 bits per heavy atom. The summed E-state index contributed by atoms with van der Waals surface area (Å²) in [6, 6.07) is 12.4. The van der Waals surface area contributed by atoms with Crippen LogP contribution in [0.1, 0.15) is 21.7 Å². The van der Waals surface area contributed by atoms with Crippen LogP contribution in [0, 0.1) is 12.7 Å². The summed E-state index contributed by atoms with van der Waals surface area (Å²) >= 11 is 0. The van der Waals surface area contributed by atoms with Gasteiger partial charge in [0.1, 0.15) is 22.8 Å². The van der Waals surface area contributed by atoms with Crippen molar-refractivity contribution >= 4 is 23.6 Å². The molecule has 0 bridgehead atoms. The number of carbonyl (C=O) groups excluding carboxylic acids is 2. The number of aryl methyl sites for hydroxylation is 1. The van der Waals surface area contributed by atoms with E-state index < -0.39 is 17.6 Å². The third-order valence-corrected chi connectivity index (χ3v) is 3.94. The average molecular weight is 381 g/mol. The maximum Gasteiger partial charge on any atom is 0.267 e. The van der Waals surface area contributed by atoms with Crippen molar-refractivity contribution in [1.82, 2.24) is 10.6 Å². The Hall–Kier alpha value is -3.78.